The average Bonchev–Trinajstić information content (AvgIpc) is 2.18. The van der Waals surface area contributed by atoms with Crippen molar-refractivity contribution in [3.63, 3.8) is 0 Å². The Hall–Kier alpha value is -1.34. The van der Waals surface area contributed by atoms with Gasteiger partial charge in [-0.2, -0.15) is 0 Å². The molecule has 0 bridgehead atoms. The number of hydrogen-bond donors (Lipinski definition) is 0. The standard InChI is InChI=1S/C13H14N/c1-14(2)10-12-8-5-7-11-6-3-4-9-13(11)12/h3-9H,1,10H2,2H3/q-1. The van der Waals surface area contributed by atoms with Crippen LogP contribution in [0, 0.1) is 7.05 Å². The van der Waals surface area contributed by atoms with Crippen molar-refractivity contribution < 1.29 is 0 Å². The zero-order valence-corrected chi connectivity index (χ0v) is 8.40. The summed E-state index contributed by atoms with van der Waals surface area (Å²) in [7, 11) is 5.86. The third kappa shape index (κ3) is 1.78. The molecule has 0 amide bonds. The lowest BCUT2D eigenvalue weighted by Crippen LogP contribution is -2.08. The van der Waals surface area contributed by atoms with E-state index in [0.717, 1.165) is 6.54 Å². The molecule has 0 aliphatic carbocycles. The molecule has 2 aromatic carbocycles. The summed E-state index contributed by atoms with van der Waals surface area (Å²) in [5.74, 6) is 0. The molecule has 1 heteroatoms. The summed E-state index contributed by atoms with van der Waals surface area (Å²) < 4.78 is 0. The van der Waals surface area contributed by atoms with Crippen LogP contribution in [0.2, 0.25) is 0 Å². The molecule has 0 saturated carbocycles. The first kappa shape index (κ1) is 9.22. The second-order valence-corrected chi connectivity index (χ2v) is 3.65. The van der Waals surface area contributed by atoms with E-state index in [-0.39, 0.29) is 0 Å². The minimum Gasteiger partial charge on any atom is -0.458 e. The Labute approximate surface area is 85.0 Å². The second-order valence-electron chi connectivity index (χ2n) is 3.65. The Balaban J connectivity index is 2.53. The van der Waals surface area contributed by atoms with Crippen LogP contribution in [0.4, 0.5) is 0 Å². The highest BCUT2D eigenvalue weighted by Gasteiger charge is 1.98. The first-order valence-corrected chi connectivity index (χ1v) is 4.75. The fraction of sp³-hybridized carbons (Fsp3) is 0.154. The molecule has 14 heavy (non-hydrogen) atoms. The number of benzene rings is 2. The monoisotopic (exact) mass is 184 g/mol. The zero-order chi connectivity index (χ0) is 9.97. The molecule has 0 saturated heterocycles. The van der Waals surface area contributed by atoms with E-state index in [0.29, 0.717) is 0 Å². The number of rotatable bonds is 2. The third-order valence-corrected chi connectivity index (χ3v) is 2.32. The molecule has 0 aromatic heterocycles. The number of nitrogens with zero attached hydrogens (tertiary/aromatic N) is 1. The van der Waals surface area contributed by atoms with E-state index in [9.17, 15) is 0 Å². The Morgan fingerprint density at radius 3 is 2.57 bits per heavy atom. The lowest BCUT2D eigenvalue weighted by Gasteiger charge is -2.19. The summed E-state index contributed by atoms with van der Waals surface area (Å²) >= 11 is 0. The maximum atomic E-state index is 3.87. The molecule has 72 valence electrons. The van der Waals surface area contributed by atoms with Gasteiger partial charge in [-0.05, 0) is 29.9 Å². The molecular formula is C13H14N-. The van der Waals surface area contributed by atoms with Gasteiger partial charge in [0.05, 0.1) is 0 Å². The van der Waals surface area contributed by atoms with Gasteiger partial charge in [-0.25, -0.2) is 0 Å². The number of fused-ring (bicyclic) bond motifs is 1. The molecule has 0 heterocycles. The minimum absolute atomic E-state index is 0.890. The molecule has 2 rings (SSSR count). The van der Waals surface area contributed by atoms with Crippen molar-refractivity contribution in [1.82, 2.24) is 4.90 Å². The van der Waals surface area contributed by atoms with E-state index in [1.54, 1.807) is 0 Å². The molecular weight excluding hydrogens is 170 g/mol. The molecule has 0 N–H and O–H groups in total. The predicted octanol–water partition coefficient (Wildman–Crippen LogP) is 3.06. The predicted molar refractivity (Wildman–Crippen MR) is 60.8 cm³/mol. The fourth-order valence-electron chi connectivity index (χ4n) is 1.72. The van der Waals surface area contributed by atoms with E-state index in [1.807, 2.05) is 11.9 Å². The van der Waals surface area contributed by atoms with Crippen molar-refractivity contribution >= 4 is 10.8 Å². The highest BCUT2D eigenvalue weighted by molar-refractivity contribution is 5.85. The van der Waals surface area contributed by atoms with Crippen LogP contribution in [-0.4, -0.2) is 11.9 Å². The van der Waals surface area contributed by atoms with E-state index in [2.05, 4.69) is 49.5 Å². The van der Waals surface area contributed by atoms with E-state index >= 15 is 0 Å². The van der Waals surface area contributed by atoms with Crippen molar-refractivity contribution in [2.45, 2.75) is 6.54 Å². The lowest BCUT2D eigenvalue weighted by atomic mass is 10.0. The van der Waals surface area contributed by atoms with Gasteiger partial charge in [-0.1, -0.05) is 42.5 Å². The molecule has 2 aromatic rings. The van der Waals surface area contributed by atoms with Crippen LogP contribution in [0.5, 0.6) is 0 Å². The van der Waals surface area contributed by atoms with Crippen molar-refractivity contribution in [2.75, 3.05) is 7.05 Å². The van der Waals surface area contributed by atoms with Gasteiger partial charge in [-0.3, -0.25) is 7.05 Å². The van der Waals surface area contributed by atoms with Crippen molar-refractivity contribution in [3.05, 3.63) is 55.1 Å². The summed E-state index contributed by atoms with van der Waals surface area (Å²) in [6.45, 7) is 0.890. The van der Waals surface area contributed by atoms with E-state index in [1.165, 1.54) is 16.3 Å². The van der Waals surface area contributed by atoms with E-state index in [4.69, 9.17) is 0 Å². The van der Waals surface area contributed by atoms with Crippen LogP contribution in [0.1, 0.15) is 5.56 Å². The van der Waals surface area contributed by atoms with Gasteiger partial charge in [-0.15, -0.1) is 0 Å². The molecule has 0 unspecified atom stereocenters. The minimum atomic E-state index is 0.890. The summed E-state index contributed by atoms with van der Waals surface area (Å²) in [5.41, 5.74) is 1.33. The van der Waals surface area contributed by atoms with Crippen molar-refractivity contribution in [3.8, 4) is 0 Å². The van der Waals surface area contributed by atoms with Gasteiger partial charge in [0.1, 0.15) is 0 Å². The first-order chi connectivity index (χ1) is 6.77. The Morgan fingerprint density at radius 2 is 1.79 bits per heavy atom. The van der Waals surface area contributed by atoms with Gasteiger partial charge < -0.3 is 4.90 Å². The summed E-state index contributed by atoms with van der Waals surface area (Å²) in [4.78, 5) is 1.95. The van der Waals surface area contributed by atoms with Gasteiger partial charge in [0.25, 0.3) is 0 Å². The van der Waals surface area contributed by atoms with Crippen molar-refractivity contribution in [1.29, 1.82) is 0 Å². The maximum absolute atomic E-state index is 3.87. The maximum Gasteiger partial charge on any atom is -0.00407 e. The van der Waals surface area contributed by atoms with Gasteiger partial charge in [0.2, 0.25) is 0 Å². The topological polar surface area (TPSA) is 3.24 Å². The smallest absolute Gasteiger partial charge is 0.00407 e. The SMILES string of the molecule is [CH2-]N(C)Cc1cccc2ccccc12. The van der Waals surface area contributed by atoms with E-state index < -0.39 is 0 Å². The van der Waals surface area contributed by atoms with Crippen LogP contribution in [0.3, 0.4) is 0 Å². The molecule has 1 nitrogen and oxygen atoms in total. The summed E-state index contributed by atoms with van der Waals surface area (Å²) in [6.07, 6.45) is 0. The normalized spacial score (nSPS) is 11.1. The molecule has 0 aliphatic rings. The van der Waals surface area contributed by atoms with Crippen LogP contribution in [0.25, 0.3) is 10.8 Å². The average molecular weight is 184 g/mol. The molecule has 0 spiro atoms. The highest BCUT2D eigenvalue weighted by atomic mass is 15.0. The summed E-state index contributed by atoms with van der Waals surface area (Å²) in [6, 6.07) is 14.8. The Kier molecular flexibility index (Phi) is 2.51. The molecule has 0 radical (unpaired) electrons. The zero-order valence-electron chi connectivity index (χ0n) is 8.40. The van der Waals surface area contributed by atoms with Gasteiger partial charge in [0, 0.05) is 0 Å². The third-order valence-electron chi connectivity index (χ3n) is 2.32. The van der Waals surface area contributed by atoms with Gasteiger partial charge in [0.15, 0.2) is 0 Å². The molecule has 0 fully saturated rings. The lowest BCUT2D eigenvalue weighted by molar-refractivity contribution is 0.447. The molecule has 0 aliphatic heterocycles. The molecule has 0 atom stereocenters. The summed E-state index contributed by atoms with van der Waals surface area (Å²) in [5, 5.41) is 2.62. The van der Waals surface area contributed by atoms with Crippen LogP contribution >= 0.6 is 0 Å². The quantitative estimate of drug-likeness (QED) is 0.648. The second kappa shape index (κ2) is 3.81. The van der Waals surface area contributed by atoms with Crippen molar-refractivity contribution in [2.24, 2.45) is 0 Å². The Morgan fingerprint density at radius 1 is 1.07 bits per heavy atom. The van der Waals surface area contributed by atoms with Crippen LogP contribution < -0.4 is 0 Å². The Bertz CT molecular complexity index is 427. The fourth-order valence-corrected chi connectivity index (χ4v) is 1.72. The van der Waals surface area contributed by atoms with Crippen LogP contribution in [0.15, 0.2) is 42.5 Å². The largest absolute Gasteiger partial charge is 0.458 e. The van der Waals surface area contributed by atoms with Crippen LogP contribution in [-0.2, 0) is 6.54 Å². The first-order valence-electron chi connectivity index (χ1n) is 4.75. The van der Waals surface area contributed by atoms with Gasteiger partial charge >= 0.3 is 0 Å². The number of hydrogen-bond acceptors (Lipinski definition) is 1. The highest BCUT2D eigenvalue weighted by Crippen LogP contribution is 2.19.